The topological polar surface area (TPSA) is 134 Å². The van der Waals surface area contributed by atoms with Crippen LogP contribution in [-0.2, 0) is 19.5 Å². The van der Waals surface area contributed by atoms with Crippen LogP contribution < -0.4 is 15.0 Å². The summed E-state index contributed by atoms with van der Waals surface area (Å²) in [4.78, 5) is 20.1. The van der Waals surface area contributed by atoms with Crippen LogP contribution in [-0.4, -0.2) is 56.6 Å². The molecule has 0 spiro atoms. The molecular weight excluding hydrogens is 679 g/mol. The number of methoxy groups -OCH3 is 1. The number of aliphatic hydroxyl groups is 2. The van der Waals surface area contributed by atoms with Gasteiger partial charge in [0.05, 0.1) is 35.8 Å². The van der Waals surface area contributed by atoms with E-state index in [0.29, 0.717) is 52.6 Å². The molecule has 0 radical (unpaired) electrons. The molecule has 1 aliphatic heterocycles. The Morgan fingerprint density at radius 2 is 1.86 bits per heavy atom. The Morgan fingerprint density at radius 3 is 2.58 bits per heavy atom. The molecule has 10 nitrogen and oxygen atoms in total. The Hall–Kier alpha value is -4.37. The van der Waals surface area contributed by atoms with Crippen LogP contribution in [0.15, 0.2) is 63.9 Å². The highest BCUT2D eigenvalue weighted by molar-refractivity contribution is 6.36. The first-order valence-corrected chi connectivity index (χ1v) is 17.2. The SMILES string of the molecule is COc1nc(O[C@H]2CCc3c(-c4cccc(-c5cc6c(=O)n(CC(C)(C)O)cc(C#N)c6o5)c4Cl)cccc32)c(Cl)cc1CN1CC[C@@H](O)C1. The molecule has 3 aromatic heterocycles. The molecule has 5 aromatic rings. The number of aromatic nitrogens is 2. The molecule has 1 fully saturated rings. The largest absolute Gasteiger partial charge is 0.481 e. The fourth-order valence-corrected chi connectivity index (χ4v) is 7.58. The number of pyridine rings is 2. The van der Waals surface area contributed by atoms with Crippen molar-refractivity contribution in [2.24, 2.45) is 0 Å². The quantitative estimate of drug-likeness (QED) is 0.167. The number of benzene rings is 2. The van der Waals surface area contributed by atoms with Gasteiger partial charge in [-0.25, -0.2) is 0 Å². The predicted molar refractivity (Wildman–Crippen MR) is 191 cm³/mol. The lowest BCUT2D eigenvalue weighted by atomic mass is 9.95. The zero-order valence-electron chi connectivity index (χ0n) is 27.9. The number of nitrogens with zero attached hydrogens (tertiary/aromatic N) is 4. The molecule has 0 bridgehead atoms. The van der Waals surface area contributed by atoms with Gasteiger partial charge in [-0.1, -0.05) is 53.5 Å². The second-order valence-corrected chi connectivity index (χ2v) is 14.3. The molecule has 258 valence electrons. The number of fused-ring (bicyclic) bond motifs is 2. The van der Waals surface area contributed by atoms with Gasteiger partial charge in [-0.3, -0.25) is 9.69 Å². The van der Waals surface area contributed by atoms with Crippen LogP contribution >= 0.6 is 23.2 Å². The maximum Gasteiger partial charge on any atom is 0.261 e. The van der Waals surface area contributed by atoms with Gasteiger partial charge in [0.25, 0.3) is 5.56 Å². The minimum absolute atomic E-state index is 0.0165. The van der Waals surface area contributed by atoms with Crippen molar-refractivity contribution in [1.29, 1.82) is 5.26 Å². The van der Waals surface area contributed by atoms with Crippen LogP contribution in [0.1, 0.15) is 55.0 Å². The van der Waals surface area contributed by atoms with Crippen LogP contribution in [0.5, 0.6) is 11.8 Å². The molecule has 50 heavy (non-hydrogen) atoms. The lowest BCUT2D eigenvalue weighted by Crippen LogP contribution is -2.32. The summed E-state index contributed by atoms with van der Waals surface area (Å²) in [5, 5.41) is 31.2. The van der Waals surface area contributed by atoms with Crippen LogP contribution in [0, 0.1) is 11.3 Å². The van der Waals surface area contributed by atoms with E-state index in [9.17, 15) is 20.3 Å². The van der Waals surface area contributed by atoms with Crippen LogP contribution in [0.4, 0.5) is 0 Å². The van der Waals surface area contributed by atoms with Gasteiger partial charge < -0.3 is 28.7 Å². The number of aliphatic hydroxyl groups excluding tert-OH is 1. The first kappa shape index (κ1) is 34.1. The van der Waals surface area contributed by atoms with Crippen LogP contribution in [0.25, 0.3) is 33.4 Å². The molecule has 0 unspecified atom stereocenters. The van der Waals surface area contributed by atoms with E-state index in [1.54, 1.807) is 27.0 Å². The summed E-state index contributed by atoms with van der Waals surface area (Å²) in [6.45, 7) is 5.17. The van der Waals surface area contributed by atoms with Crippen molar-refractivity contribution < 1.29 is 24.1 Å². The molecule has 7 rings (SSSR count). The standard InChI is InChI=1S/C38H36Cl2N4O6/c1-38(2,47)20-44-18-22(16-41)34-29(37(44)46)15-32(49-34)28-9-5-8-27(33(28)40)24-6-4-7-26-25(24)10-11-31(26)50-36-30(39)14-21(35(42-36)48-3)17-43-13-12-23(45)19-43/h4-9,14-15,18,23,31,45,47H,10-13,17,19-20H2,1-3H3/t23-,31+/m1/s1. The lowest BCUT2D eigenvalue weighted by molar-refractivity contribution is 0.0606. The zero-order chi connectivity index (χ0) is 35.3. The van der Waals surface area contributed by atoms with Gasteiger partial charge in [-0.15, -0.1) is 0 Å². The molecule has 0 saturated carbocycles. The normalized spacial score (nSPS) is 17.6. The maximum absolute atomic E-state index is 13.3. The summed E-state index contributed by atoms with van der Waals surface area (Å²) in [6.07, 6.45) is 2.96. The van der Waals surface area contributed by atoms with Crippen molar-refractivity contribution in [2.45, 2.75) is 64.0 Å². The molecule has 2 N–H and O–H groups in total. The van der Waals surface area contributed by atoms with Crippen LogP contribution in [0.3, 0.4) is 0 Å². The Morgan fingerprint density at radius 1 is 1.10 bits per heavy atom. The second-order valence-electron chi connectivity index (χ2n) is 13.6. The molecule has 2 atom stereocenters. The third kappa shape index (κ3) is 6.48. The third-order valence-corrected chi connectivity index (χ3v) is 9.95. The average molecular weight is 716 g/mol. The number of β-amino-alcohol motifs (C(OH)–C–C–N with tert-alkyl or cyclic N) is 1. The van der Waals surface area contributed by atoms with Gasteiger partial charge in [0.2, 0.25) is 11.8 Å². The predicted octanol–water partition coefficient (Wildman–Crippen LogP) is 6.91. The molecule has 1 aliphatic carbocycles. The highest BCUT2D eigenvalue weighted by Gasteiger charge is 2.30. The van der Waals surface area contributed by atoms with E-state index in [1.807, 2.05) is 42.5 Å². The fraction of sp³-hybridized carbons (Fsp3) is 0.342. The molecule has 0 amide bonds. The maximum atomic E-state index is 13.3. The number of hydrogen-bond acceptors (Lipinski definition) is 9. The van der Waals surface area contributed by atoms with Crippen molar-refractivity contribution in [1.82, 2.24) is 14.5 Å². The molecule has 1 saturated heterocycles. The van der Waals surface area contributed by atoms with E-state index in [1.165, 1.54) is 10.8 Å². The highest BCUT2D eigenvalue weighted by atomic mass is 35.5. The van der Waals surface area contributed by atoms with Crippen molar-refractivity contribution in [2.75, 3.05) is 20.2 Å². The molecular formula is C38H36Cl2N4O6. The van der Waals surface area contributed by atoms with E-state index >= 15 is 0 Å². The van der Waals surface area contributed by atoms with Crippen molar-refractivity contribution >= 4 is 34.2 Å². The lowest BCUT2D eigenvalue weighted by Gasteiger charge is -2.20. The molecule has 2 aliphatic rings. The third-order valence-electron chi connectivity index (χ3n) is 9.27. The van der Waals surface area contributed by atoms with Gasteiger partial charge >= 0.3 is 0 Å². The van der Waals surface area contributed by atoms with Gasteiger partial charge in [0.15, 0.2) is 5.58 Å². The summed E-state index contributed by atoms with van der Waals surface area (Å²) >= 11 is 13.8. The Balaban J connectivity index is 1.19. The summed E-state index contributed by atoms with van der Waals surface area (Å²) in [5.74, 6) is 1.08. The summed E-state index contributed by atoms with van der Waals surface area (Å²) in [6, 6.07) is 17.2. The van der Waals surface area contributed by atoms with Gasteiger partial charge in [0.1, 0.15) is 28.5 Å². The zero-order valence-corrected chi connectivity index (χ0v) is 29.4. The van der Waals surface area contributed by atoms with Gasteiger partial charge in [-0.2, -0.15) is 10.2 Å². The van der Waals surface area contributed by atoms with Gasteiger partial charge in [-0.05, 0) is 68.0 Å². The Kier molecular flexibility index (Phi) is 9.14. The minimum atomic E-state index is -1.16. The summed E-state index contributed by atoms with van der Waals surface area (Å²) < 4.78 is 19.5. The van der Waals surface area contributed by atoms with E-state index in [4.69, 9.17) is 37.1 Å². The number of halogens is 2. The number of hydrogen-bond donors (Lipinski definition) is 2. The van der Waals surface area contributed by atoms with Gasteiger partial charge in [0, 0.05) is 42.5 Å². The first-order valence-electron chi connectivity index (χ1n) is 16.4. The number of likely N-dealkylation sites (tertiary alicyclic amines) is 1. The number of rotatable bonds is 9. The summed E-state index contributed by atoms with van der Waals surface area (Å²) in [7, 11) is 1.57. The minimum Gasteiger partial charge on any atom is -0.481 e. The number of ether oxygens (including phenoxy) is 2. The van der Waals surface area contributed by atoms with E-state index in [0.717, 1.165) is 47.2 Å². The van der Waals surface area contributed by atoms with E-state index in [-0.39, 0.29) is 40.8 Å². The van der Waals surface area contributed by atoms with Crippen LogP contribution in [0.2, 0.25) is 10.0 Å². The average Bonchev–Trinajstić information content (AvgIpc) is 3.82. The van der Waals surface area contributed by atoms with Crippen molar-refractivity contribution in [3.8, 4) is 40.3 Å². The Bertz CT molecular complexity index is 2220. The number of nitriles is 1. The smallest absolute Gasteiger partial charge is 0.261 e. The highest BCUT2D eigenvalue weighted by Crippen LogP contribution is 2.45. The first-order chi connectivity index (χ1) is 23.9. The van der Waals surface area contributed by atoms with Crippen molar-refractivity contribution in [3.63, 3.8) is 0 Å². The molecule has 2 aromatic carbocycles. The fourth-order valence-electron chi connectivity index (χ4n) is 7.04. The Labute approximate surface area is 299 Å². The van der Waals surface area contributed by atoms with E-state index < -0.39 is 5.60 Å². The molecule has 12 heteroatoms. The van der Waals surface area contributed by atoms with Crippen molar-refractivity contribution in [3.05, 3.63) is 97.4 Å². The molecule has 4 heterocycles. The monoisotopic (exact) mass is 714 g/mol. The van der Waals surface area contributed by atoms with E-state index in [2.05, 4.69) is 16.0 Å². The number of furan rings is 1. The second kappa shape index (κ2) is 13.4. The summed E-state index contributed by atoms with van der Waals surface area (Å²) in [5.41, 5.74) is 4.06.